The van der Waals surface area contributed by atoms with Crippen LogP contribution in [0, 0.1) is 29.9 Å². The Balaban J connectivity index is 1.98. The number of nitrogens with zero attached hydrogens (tertiary/aromatic N) is 1. The highest BCUT2D eigenvalue weighted by Crippen LogP contribution is 2.23. The first kappa shape index (κ1) is 17.4. The van der Waals surface area contributed by atoms with Gasteiger partial charge in [0.05, 0.1) is 12.6 Å². The maximum Gasteiger partial charge on any atom is 0.223 e. The SMILES string of the molecule is C#CCN1CCC(C(=O)N[C@H](CC)c2cc(F)ccc2F)CC1. The van der Waals surface area contributed by atoms with E-state index in [2.05, 4.69) is 16.1 Å². The third kappa shape index (κ3) is 4.52. The van der Waals surface area contributed by atoms with E-state index in [1.807, 2.05) is 6.92 Å². The number of rotatable bonds is 5. The largest absolute Gasteiger partial charge is 0.349 e. The van der Waals surface area contributed by atoms with Crippen molar-refractivity contribution in [2.45, 2.75) is 32.2 Å². The average Bonchev–Trinajstić information content (AvgIpc) is 2.56. The fourth-order valence-corrected chi connectivity index (χ4v) is 2.95. The standard InChI is InChI=1S/C18H22F2N2O/c1-3-9-22-10-7-13(8-11-22)18(23)21-17(4-2)15-12-14(19)5-6-16(15)20/h1,5-6,12-13,17H,4,7-11H2,2H3,(H,21,23)/t17-/m1/s1. The summed E-state index contributed by atoms with van der Waals surface area (Å²) in [6, 6.07) is 2.81. The number of hydrogen-bond donors (Lipinski definition) is 1. The van der Waals surface area contributed by atoms with Crippen molar-refractivity contribution >= 4 is 5.91 Å². The zero-order chi connectivity index (χ0) is 16.8. The van der Waals surface area contributed by atoms with Gasteiger partial charge in [0.1, 0.15) is 11.6 Å². The van der Waals surface area contributed by atoms with Gasteiger partial charge in [0.25, 0.3) is 0 Å². The smallest absolute Gasteiger partial charge is 0.223 e. The number of piperidine rings is 1. The summed E-state index contributed by atoms with van der Waals surface area (Å²) in [5, 5.41) is 2.86. The van der Waals surface area contributed by atoms with Gasteiger partial charge in [0.15, 0.2) is 0 Å². The van der Waals surface area contributed by atoms with E-state index in [9.17, 15) is 13.6 Å². The van der Waals surface area contributed by atoms with Crippen LogP contribution in [0.4, 0.5) is 8.78 Å². The third-order valence-corrected chi connectivity index (χ3v) is 4.33. The van der Waals surface area contributed by atoms with Gasteiger partial charge in [-0.3, -0.25) is 9.69 Å². The number of nitrogens with one attached hydrogen (secondary N) is 1. The Kier molecular flexibility index (Phi) is 6.12. The molecular formula is C18H22F2N2O. The first-order valence-electron chi connectivity index (χ1n) is 7.96. The molecule has 0 radical (unpaired) electrons. The predicted octanol–water partition coefficient (Wildman–Crippen LogP) is 2.88. The highest BCUT2D eigenvalue weighted by Gasteiger charge is 2.27. The lowest BCUT2D eigenvalue weighted by molar-refractivity contribution is -0.127. The number of hydrogen-bond acceptors (Lipinski definition) is 2. The molecule has 1 aromatic carbocycles. The van der Waals surface area contributed by atoms with Gasteiger partial charge in [-0.25, -0.2) is 8.78 Å². The molecule has 23 heavy (non-hydrogen) atoms. The highest BCUT2D eigenvalue weighted by atomic mass is 19.1. The molecule has 5 heteroatoms. The van der Waals surface area contributed by atoms with Crippen LogP contribution < -0.4 is 5.32 Å². The molecule has 1 aromatic rings. The van der Waals surface area contributed by atoms with Crippen LogP contribution in [0.1, 0.15) is 37.8 Å². The normalized spacial score (nSPS) is 17.5. The van der Waals surface area contributed by atoms with Gasteiger partial charge in [-0.05, 0) is 50.6 Å². The molecule has 1 heterocycles. The Morgan fingerprint density at radius 2 is 2.13 bits per heavy atom. The van der Waals surface area contributed by atoms with Crippen LogP contribution in [0.3, 0.4) is 0 Å². The van der Waals surface area contributed by atoms with Crippen LogP contribution in [-0.4, -0.2) is 30.4 Å². The van der Waals surface area contributed by atoms with Crippen molar-refractivity contribution in [1.82, 2.24) is 10.2 Å². The number of terminal acetylenes is 1. The molecule has 1 atom stereocenters. The fourth-order valence-electron chi connectivity index (χ4n) is 2.95. The molecule has 0 unspecified atom stereocenters. The second-order valence-electron chi connectivity index (χ2n) is 5.89. The summed E-state index contributed by atoms with van der Waals surface area (Å²) >= 11 is 0. The molecule has 3 nitrogen and oxygen atoms in total. The number of benzene rings is 1. The van der Waals surface area contributed by atoms with E-state index in [1.165, 1.54) is 0 Å². The number of halogens is 2. The molecule has 2 rings (SSSR count). The summed E-state index contributed by atoms with van der Waals surface area (Å²) in [5.74, 6) is 1.40. The van der Waals surface area contributed by atoms with Crippen LogP contribution in [0.5, 0.6) is 0 Å². The number of amides is 1. The van der Waals surface area contributed by atoms with Crippen LogP contribution in [0.15, 0.2) is 18.2 Å². The molecule has 0 aromatic heterocycles. The van der Waals surface area contributed by atoms with Crippen LogP contribution in [-0.2, 0) is 4.79 Å². The molecule has 0 spiro atoms. The van der Waals surface area contributed by atoms with Crippen molar-refractivity contribution in [3.8, 4) is 12.3 Å². The minimum absolute atomic E-state index is 0.0964. The molecule has 1 fully saturated rings. The molecule has 1 N–H and O–H groups in total. The lowest BCUT2D eigenvalue weighted by Gasteiger charge is -2.31. The van der Waals surface area contributed by atoms with E-state index in [-0.39, 0.29) is 17.4 Å². The molecule has 124 valence electrons. The van der Waals surface area contributed by atoms with Crippen LogP contribution >= 0.6 is 0 Å². The molecule has 0 aliphatic carbocycles. The number of carbonyl (C=O) groups excluding carboxylic acids is 1. The van der Waals surface area contributed by atoms with Crippen LogP contribution in [0.2, 0.25) is 0 Å². The average molecular weight is 320 g/mol. The van der Waals surface area contributed by atoms with Gasteiger partial charge < -0.3 is 5.32 Å². The molecule has 1 aliphatic rings. The van der Waals surface area contributed by atoms with E-state index >= 15 is 0 Å². The van der Waals surface area contributed by atoms with E-state index < -0.39 is 17.7 Å². The van der Waals surface area contributed by atoms with E-state index in [4.69, 9.17) is 6.42 Å². The maximum absolute atomic E-state index is 13.9. The second-order valence-corrected chi connectivity index (χ2v) is 5.89. The number of carbonyl (C=O) groups is 1. The van der Waals surface area contributed by atoms with E-state index in [0.717, 1.165) is 44.1 Å². The van der Waals surface area contributed by atoms with Gasteiger partial charge in [-0.2, -0.15) is 0 Å². The second kappa shape index (κ2) is 8.07. The summed E-state index contributed by atoms with van der Waals surface area (Å²) in [5.41, 5.74) is 0.200. The van der Waals surface area contributed by atoms with Crippen molar-refractivity contribution in [2.75, 3.05) is 19.6 Å². The maximum atomic E-state index is 13.9. The molecule has 1 amide bonds. The minimum Gasteiger partial charge on any atom is -0.349 e. The number of likely N-dealkylation sites (tertiary alicyclic amines) is 1. The van der Waals surface area contributed by atoms with E-state index in [0.29, 0.717) is 13.0 Å². The van der Waals surface area contributed by atoms with Crippen molar-refractivity contribution < 1.29 is 13.6 Å². The van der Waals surface area contributed by atoms with Gasteiger partial charge in [0.2, 0.25) is 5.91 Å². The van der Waals surface area contributed by atoms with Gasteiger partial charge in [-0.1, -0.05) is 12.8 Å². The Morgan fingerprint density at radius 3 is 2.74 bits per heavy atom. The Hall–Kier alpha value is -1.93. The van der Waals surface area contributed by atoms with Crippen molar-refractivity contribution in [3.05, 3.63) is 35.4 Å². The molecule has 1 saturated heterocycles. The van der Waals surface area contributed by atoms with Gasteiger partial charge in [0, 0.05) is 11.5 Å². The zero-order valence-electron chi connectivity index (χ0n) is 13.3. The predicted molar refractivity (Wildman–Crippen MR) is 85.5 cm³/mol. The first-order valence-corrected chi connectivity index (χ1v) is 7.96. The Morgan fingerprint density at radius 1 is 1.43 bits per heavy atom. The lowest BCUT2D eigenvalue weighted by Crippen LogP contribution is -2.41. The van der Waals surface area contributed by atoms with Gasteiger partial charge in [-0.15, -0.1) is 6.42 Å². The summed E-state index contributed by atoms with van der Waals surface area (Å²) in [6.07, 6.45) is 7.26. The van der Waals surface area contributed by atoms with Crippen molar-refractivity contribution in [3.63, 3.8) is 0 Å². The van der Waals surface area contributed by atoms with Crippen LogP contribution in [0.25, 0.3) is 0 Å². The zero-order valence-corrected chi connectivity index (χ0v) is 13.3. The molecule has 1 aliphatic heterocycles. The Bertz CT molecular complexity index is 589. The molecule has 0 bridgehead atoms. The molecule has 0 saturated carbocycles. The minimum atomic E-state index is -0.512. The van der Waals surface area contributed by atoms with Gasteiger partial charge >= 0.3 is 0 Å². The first-order chi connectivity index (χ1) is 11.0. The molecular weight excluding hydrogens is 298 g/mol. The summed E-state index contributed by atoms with van der Waals surface area (Å²) in [7, 11) is 0. The summed E-state index contributed by atoms with van der Waals surface area (Å²) < 4.78 is 27.2. The third-order valence-electron chi connectivity index (χ3n) is 4.33. The van der Waals surface area contributed by atoms with Crippen molar-refractivity contribution in [2.24, 2.45) is 5.92 Å². The fraction of sp³-hybridized carbons (Fsp3) is 0.500. The van der Waals surface area contributed by atoms with Crippen molar-refractivity contribution in [1.29, 1.82) is 0 Å². The lowest BCUT2D eigenvalue weighted by atomic mass is 9.94. The quantitative estimate of drug-likeness (QED) is 0.846. The Labute approximate surface area is 136 Å². The summed E-state index contributed by atoms with van der Waals surface area (Å²) in [4.78, 5) is 14.5. The summed E-state index contributed by atoms with van der Waals surface area (Å²) in [6.45, 7) is 4.01. The highest BCUT2D eigenvalue weighted by molar-refractivity contribution is 5.79. The van der Waals surface area contributed by atoms with E-state index in [1.54, 1.807) is 0 Å². The topological polar surface area (TPSA) is 32.3 Å². The monoisotopic (exact) mass is 320 g/mol.